The number of hydrogen-bond donors (Lipinski definition) is 2. The van der Waals surface area contributed by atoms with Gasteiger partial charge in [-0.1, -0.05) is 0 Å². The van der Waals surface area contributed by atoms with Crippen LogP contribution < -0.4 is 15.5 Å². The van der Waals surface area contributed by atoms with Crippen LogP contribution in [0.1, 0.15) is 26.7 Å². The Balaban J connectivity index is 1.67. The van der Waals surface area contributed by atoms with E-state index in [1.54, 1.807) is 6.20 Å². The number of benzene rings is 1. The third kappa shape index (κ3) is 3.63. The third-order valence-corrected chi connectivity index (χ3v) is 3.74. The molecular formula is C16H22N6. The molecular weight excluding hydrogens is 276 g/mol. The van der Waals surface area contributed by atoms with Gasteiger partial charge in [0.05, 0.1) is 6.20 Å². The summed E-state index contributed by atoms with van der Waals surface area (Å²) in [5, 5.41) is 14.5. The van der Waals surface area contributed by atoms with Gasteiger partial charge in [0, 0.05) is 30.5 Å². The molecule has 0 spiro atoms. The number of nitrogens with one attached hydrogen (secondary N) is 2. The molecule has 0 atom stereocenters. The SMILES string of the molecule is CCN(CC)c1ccc(Nc2nncc(NC3CC3)n2)cc1. The first kappa shape index (κ1) is 14.6. The van der Waals surface area contributed by atoms with Gasteiger partial charge < -0.3 is 15.5 Å². The van der Waals surface area contributed by atoms with Gasteiger partial charge in [-0.3, -0.25) is 0 Å². The lowest BCUT2D eigenvalue weighted by Gasteiger charge is -2.21. The predicted octanol–water partition coefficient (Wildman–Crippen LogP) is 3.04. The molecule has 1 aliphatic rings. The Morgan fingerprint density at radius 1 is 1.14 bits per heavy atom. The minimum absolute atomic E-state index is 0.515. The van der Waals surface area contributed by atoms with Crippen LogP contribution in [0.15, 0.2) is 30.5 Å². The van der Waals surface area contributed by atoms with Crippen LogP contribution in [0.3, 0.4) is 0 Å². The lowest BCUT2D eigenvalue weighted by molar-refractivity contribution is 0.866. The Bertz CT molecular complexity index is 604. The maximum Gasteiger partial charge on any atom is 0.249 e. The van der Waals surface area contributed by atoms with Crippen LogP contribution in [0.25, 0.3) is 0 Å². The van der Waals surface area contributed by atoms with E-state index in [1.165, 1.54) is 18.5 Å². The van der Waals surface area contributed by atoms with Gasteiger partial charge in [-0.2, -0.15) is 10.1 Å². The lowest BCUT2D eigenvalue weighted by atomic mass is 10.2. The van der Waals surface area contributed by atoms with Crippen molar-refractivity contribution in [1.29, 1.82) is 0 Å². The van der Waals surface area contributed by atoms with Crippen molar-refractivity contribution in [1.82, 2.24) is 15.2 Å². The van der Waals surface area contributed by atoms with E-state index in [0.717, 1.165) is 24.6 Å². The molecule has 2 aromatic rings. The molecule has 22 heavy (non-hydrogen) atoms. The minimum Gasteiger partial charge on any atom is -0.372 e. The van der Waals surface area contributed by atoms with Crippen LogP contribution in [0.4, 0.5) is 23.1 Å². The fourth-order valence-corrected chi connectivity index (χ4v) is 2.34. The van der Waals surface area contributed by atoms with Gasteiger partial charge in [0.1, 0.15) is 0 Å². The highest BCUT2D eigenvalue weighted by Crippen LogP contribution is 2.24. The van der Waals surface area contributed by atoms with Crippen molar-refractivity contribution in [3.8, 4) is 0 Å². The second-order valence-electron chi connectivity index (χ2n) is 5.43. The van der Waals surface area contributed by atoms with Crippen LogP contribution >= 0.6 is 0 Å². The molecule has 1 fully saturated rings. The average molecular weight is 298 g/mol. The van der Waals surface area contributed by atoms with E-state index in [2.05, 4.69) is 56.7 Å². The van der Waals surface area contributed by atoms with E-state index < -0.39 is 0 Å². The summed E-state index contributed by atoms with van der Waals surface area (Å²) in [4.78, 5) is 6.74. The van der Waals surface area contributed by atoms with Gasteiger partial charge in [0.25, 0.3) is 0 Å². The molecule has 1 aromatic carbocycles. The molecule has 0 radical (unpaired) electrons. The molecule has 6 heteroatoms. The Kier molecular flexibility index (Phi) is 4.37. The minimum atomic E-state index is 0.515. The first-order valence-corrected chi connectivity index (χ1v) is 7.86. The third-order valence-electron chi connectivity index (χ3n) is 3.74. The summed E-state index contributed by atoms with van der Waals surface area (Å²) in [7, 11) is 0. The smallest absolute Gasteiger partial charge is 0.249 e. The highest BCUT2D eigenvalue weighted by atomic mass is 15.3. The zero-order valence-electron chi connectivity index (χ0n) is 13.1. The molecule has 0 amide bonds. The molecule has 1 heterocycles. The number of nitrogens with zero attached hydrogens (tertiary/aromatic N) is 4. The zero-order chi connectivity index (χ0) is 15.4. The summed E-state index contributed by atoms with van der Waals surface area (Å²) < 4.78 is 0. The largest absolute Gasteiger partial charge is 0.372 e. The van der Waals surface area contributed by atoms with E-state index in [1.807, 2.05) is 12.1 Å². The average Bonchev–Trinajstić information content (AvgIpc) is 3.34. The lowest BCUT2D eigenvalue weighted by Crippen LogP contribution is -2.21. The van der Waals surface area contributed by atoms with Crippen molar-refractivity contribution in [2.75, 3.05) is 28.6 Å². The standard InChI is InChI=1S/C16H22N6/c1-3-22(4-2)14-9-7-13(8-10-14)19-16-20-15(11-17-21-16)18-12-5-6-12/h7-12H,3-6H2,1-2H3,(H2,18,19,20,21). The maximum atomic E-state index is 4.43. The predicted molar refractivity (Wildman–Crippen MR) is 89.8 cm³/mol. The summed E-state index contributed by atoms with van der Waals surface area (Å²) in [6.45, 7) is 6.33. The molecule has 1 aliphatic carbocycles. The maximum absolute atomic E-state index is 4.43. The normalized spacial score (nSPS) is 13.7. The summed E-state index contributed by atoms with van der Waals surface area (Å²) in [5.41, 5.74) is 2.18. The van der Waals surface area contributed by atoms with Crippen molar-refractivity contribution in [3.05, 3.63) is 30.5 Å². The molecule has 6 nitrogen and oxygen atoms in total. The first-order valence-electron chi connectivity index (χ1n) is 7.86. The van der Waals surface area contributed by atoms with Crippen molar-refractivity contribution >= 4 is 23.1 Å². The first-order chi connectivity index (χ1) is 10.8. The monoisotopic (exact) mass is 298 g/mol. The summed E-state index contributed by atoms with van der Waals surface area (Å²) in [5.74, 6) is 1.29. The Hall–Kier alpha value is -2.37. The quantitative estimate of drug-likeness (QED) is 0.819. The number of anilines is 4. The number of hydrogen-bond acceptors (Lipinski definition) is 6. The van der Waals surface area contributed by atoms with Crippen LogP contribution in [-0.2, 0) is 0 Å². The van der Waals surface area contributed by atoms with E-state index in [9.17, 15) is 0 Å². The summed E-state index contributed by atoms with van der Waals surface area (Å²) in [6.07, 6.45) is 4.08. The molecule has 0 bridgehead atoms. The second-order valence-corrected chi connectivity index (χ2v) is 5.43. The Morgan fingerprint density at radius 3 is 2.50 bits per heavy atom. The van der Waals surface area contributed by atoms with E-state index in [0.29, 0.717) is 12.0 Å². The van der Waals surface area contributed by atoms with Gasteiger partial charge >= 0.3 is 0 Å². The highest BCUT2D eigenvalue weighted by Gasteiger charge is 2.21. The molecule has 2 N–H and O–H groups in total. The number of rotatable bonds is 7. The molecule has 1 saturated carbocycles. The van der Waals surface area contributed by atoms with E-state index >= 15 is 0 Å². The fraction of sp³-hybridized carbons (Fsp3) is 0.438. The van der Waals surface area contributed by atoms with Crippen molar-refractivity contribution < 1.29 is 0 Å². The number of aromatic nitrogens is 3. The van der Waals surface area contributed by atoms with E-state index in [-0.39, 0.29) is 0 Å². The van der Waals surface area contributed by atoms with Crippen LogP contribution in [0, 0.1) is 0 Å². The second kappa shape index (κ2) is 6.60. The molecule has 116 valence electrons. The fourth-order valence-electron chi connectivity index (χ4n) is 2.34. The van der Waals surface area contributed by atoms with Crippen molar-refractivity contribution in [2.24, 2.45) is 0 Å². The van der Waals surface area contributed by atoms with Crippen LogP contribution in [0.2, 0.25) is 0 Å². The van der Waals surface area contributed by atoms with Gasteiger partial charge in [0.2, 0.25) is 5.95 Å². The van der Waals surface area contributed by atoms with Crippen LogP contribution in [-0.4, -0.2) is 34.3 Å². The molecule has 3 rings (SSSR count). The van der Waals surface area contributed by atoms with Crippen molar-refractivity contribution in [2.45, 2.75) is 32.7 Å². The molecule has 0 saturated heterocycles. The molecule has 0 aliphatic heterocycles. The topological polar surface area (TPSA) is 66.0 Å². The van der Waals surface area contributed by atoms with E-state index in [4.69, 9.17) is 0 Å². The van der Waals surface area contributed by atoms with Crippen LogP contribution in [0.5, 0.6) is 0 Å². The van der Waals surface area contributed by atoms with Gasteiger partial charge in [0.15, 0.2) is 5.82 Å². The van der Waals surface area contributed by atoms with Gasteiger partial charge in [-0.15, -0.1) is 5.10 Å². The summed E-state index contributed by atoms with van der Waals surface area (Å²) in [6, 6.07) is 8.85. The molecule has 1 aromatic heterocycles. The summed E-state index contributed by atoms with van der Waals surface area (Å²) >= 11 is 0. The molecule has 0 unspecified atom stereocenters. The Morgan fingerprint density at radius 2 is 1.86 bits per heavy atom. The van der Waals surface area contributed by atoms with Crippen molar-refractivity contribution in [3.63, 3.8) is 0 Å². The zero-order valence-corrected chi connectivity index (χ0v) is 13.1. The Labute approximate surface area is 131 Å². The van der Waals surface area contributed by atoms with Gasteiger partial charge in [-0.25, -0.2) is 0 Å². The van der Waals surface area contributed by atoms with Gasteiger partial charge in [-0.05, 0) is 51.0 Å². The highest BCUT2D eigenvalue weighted by molar-refractivity contribution is 5.59.